The van der Waals surface area contributed by atoms with E-state index >= 15 is 0 Å². The number of nitrogens with zero attached hydrogens (tertiary/aromatic N) is 4. The monoisotopic (exact) mass is 365 g/mol. The van der Waals surface area contributed by atoms with Crippen LogP contribution in [0.3, 0.4) is 0 Å². The minimum absolute atomic E-state index is 0.145. The summed E-state index contributed by atoms with van der Waals surface area (Å²) in [6, 6.07) is 0. The second-order valence-electron chi connectivity index (χ2n) is 6.79. The molecule has 1 unspecified atom stereocenters. The third-order valence-corrected chi connectivity index (χ3v) is 6.10. The molecular formula is C16H24N5O3P. The molecule has 1 aliphatic rings. The highest BCUT2D eigenvalue weighted by Gasteiger charge is 2.40. The Kier molecular flexibility index (Phi) is 4.95. The molecule has 0 amide bonds. The van der Waals surface area contributed by atoms with Crippen molar-refractivity contribution in [1.29, 1.82) is 0 Å². The normalized spacial score (nSPS) is 19.4. The molecule has 1 saturated carbocycles. The average Bonchev–Trinajstić information content (AvgIpc) is 3.03. The van der Waals surface area contributed by atoms with Crippen LogP contribution in [-0.2, 0) is 13.6 Å². The Labute approximate surface area is 147 Å². The Morgan fingerprint density at radius 1 is 1.28 bits per heavy atom. The maximum atomic E-state index is 13.0. The fourth-order valence-electron chi connectivity index (χ4n) is 2.73. The molecule has 0 saturated heterocycles. The second-order valence-corrected chi connectivity index (χ2v) is 8.80. The zero-order chi connectivity index (χ0) is 18.2. The lowest BCUT2D eigenvalue weighted by atomic mass is 10.4. The van der Waals surface area contributed by atoms with E-state index < -0.39 is 7.60 Å². The Morgan fingerprint density at radius 3 is 2.60 bits per heavy atom. The number of nitrogen functional groups attached to an aromatic ring is 1. The molecule has 2 N–H and O–H groups in total. The van der Waals surface area contributed by atoms with Crippen LogP contribution in [-0.4, -0.2) is 37.9 Å². The van der Waals surface area contributed by atoms with Gasteiger partial charge in [-0.05, 0) is 45.6 Å². The largest absolute Gasteiger partial charge is 0.382 e. The van der Waals surface area contributed by atoms with E-state index in [9.17, 15) is 4.57 Å². The van der Waals surface area contributed by atoms with Gasteiger partial charge in [0.25, 0.3) is 0 Å². The molecular weight excluding hydrogens is 341 g/mol. The van der Waals surface area contributed by atoms with Crippen LogP contribution >= 0.6 is 7.60 Å². The number of anilines is 1. The van der Waals surface area contributed by atoms with Crippen LogP contribution < -0.4 is 5.73 Å². The minimum Gasteiger partial charge on any atom is -0.382 e. The van der Waals surface area contributed by atoms with E-state index in [0.717, 1.165) is 12.0 Å². The SMILES string of the molecule is CC(C)OP(=O)(CC1C/C1=C\n1cnc2c(N)ncnc21)OC(C)C. The van der Waals surface area contributed by atoms with Gasteiger partial charge in [0.15, 0.2) is 17.0 Å². The zero-order valence-corrected chi connectivity index (χ0v) is 15.8. The van der Waals surface area contributed by atoms with Gasteiger partial charge in [0, 0.05) is 6.20 Å². The van der Waals surface area contributed by atoms with Gasteiger partial charge in [-0.2, -0.15) is 0 Å². The van der Waals surface area contributed by atoms with Gasteiger partial charge in [-0.3, -0.25) is 9.13 Å². The van der Waals surface area contributed by atoms with Gasteiger partial charge in [-0.25, -0.2) is 15.0 Å². The van der Waals surface area contributed by atoms with Crippen LogP contribution in [0.2, 0.25) is 0 Å². The molecule has 136 valence electrons. The van der Waals surface area contributed by atoms with Crippen LogP contribution in [0.25, 0.3) is 17.4 Å². The third kappa shape index (κ3) is 4.26. The summed E-state index contributed by atoms with van der Waals surface area (Å²) in [7, 11) is -3.12. The molecule has 0 radical (unpaired) electrons. The summed E-state index contributed by atoms with van der Waals surface area (Å²) in [6.45, 7) is 7.45. The predicted molar refractivity (Wildman–Crippen MR) is 97.0 cm³/mol. The van der Waals surface area contributed by atoms with E-state index in [-0.39, 0.29) is 18.1 Å². The number of rotatable bonds is 7. The lowest BCUT2D eigenvalue weighted by Crippen LogP contribution is -2.11. The van der Waals surface area contributed by atoms with Crippen molar-refractivity contribution >= 4 is 30.8 Å². The van der Waals surface area contributed by atoms with E-state index in [4.69, 9.17) is 14.8 Å². The molecule has 9 heteroatoms. The van der Waals surface area contributed by atoms with Gasteiger partial charge in [0.05, 0.1) is 18.4 Å². The first kappa shape index (κ1) is 18.0. The van der Waals surface area contributed by atoms with E-state index in [1.807, 2.05) is 38.5 Å². The Morgan fingerprint density at radius 2 is 1.96 bits per heavy atom. The smallest absolute Gasteiger partial charge is 0.331 e. The highest BCUT2D eigenvalue weighted by molar-refractivity contribution is 7.53. The maximum absolute atomic E-state index is 13.0. The first-order chi connectivity index (χ1) is 11.8. The van der Waals surface area contributed by atoms with Crippen LogP contribution in [0.5, 0.6) is 0 Å². The summed E-state index contributed by atoms with van der Waals surface area (Å²) in [5, 5.41) is 0. The van der Waals surface area contributed by atoms with Crippen molar-refractivity contribution in [3.8, 4) is 0 Å². The van der Waals surface area contributed by atoms with Crippen LogP contribution in [0, 0.1) is 5.92 Å². The van der Waals surface area contributed by atoms with Gasteiger partial charge >= 0.3 is 7.60 Å². The van der Waals surface area contributed by atoms with Gasteiger partial charge in [0.2, 0.25) is 0 Å². The van der Waals surface area contributed by atoms with Gasteiger partial charge in [-0.15, -0.1) is 0 Å². The Hall–Kier alpha value is -1.76. The molecule has 1 aliphatic carbocycles. The summed E-state index contributed by atoms with van der Waals surface area (Å²) >= 11 is 0. The molecule has 0 aromatic carbocycles. The molecule has 2 aromatic heterocycles. The van der Waals surface area contributed by atoms with E-state index in [2.05, 4.69) is 15.0 Å². The fourth-order valence-corrected chi connectivity index (χ4v) is 5.14. The van der Waals surface area contributed by atoms with E-state index in [1.54, 1.807) is 6.33 Å². The molecule has 2 heterocycles. The van der Waals surface area contributed by atoms with Crippen LogP contribution in [0.1, 0.15) is 34.1 Å². The van der Waals surface area contributed by atoms with Crippen LogP contribution in [0.4, 0.5) is 5.82 Å². The molecule has 0 aliphatic heterocycles. The van der Waals surface area contributed by atoms with Crippen molar-refractivity contribution in [2.45, 2.75) is 46.3 Å². The number of hydrogen-bond acceptors (Lipinski definition) is 7. The maximum Gasteiger partial charge on any atom is 0.331 e. The zero-order valence-electron chi connectivity index (χ0n) is 14.9. The van der Waals surface area contributed by atoms with Crippen molar-refractivity contribution in [3.05, 3.63) is 18.2 Å². The second kappa shape index (κ2) is 6.86. The van der Waals surface area contributed by atoms with Crippen LogP contribution in [0.15, 0.2) is 18.2 Å². The summed E-state index contributed by atoms with van der Waals surface area (Å²) in [5.74, 6) is 0.537. The minimum atomic E-state index is -3.12. The molecule has 1 fully saturated rings. The molecule has 1 atom stereocenters. The lowest BCUT2D eigenvalue weighted by molar-refractivity contribution is 0.142. The third-order valence-electron chi connectivity index (χ3n) is 3.73. The molecule has 2 aromatic rings. The highest BCUT2D eigenvalue weighted by Crippen LogP contribution is 2.57. The summed E-state index contributed by atoms with van der Waals surface area (Å²) in [5.41, 5.74) is 8.20. The van der Waals surface area contributed by atoms with Crippen molar-refractivity contribution in [1.82, 2.24) is 19.5 Å². The molecule has 0 bridgehead atoms. The van der Waals surface area contributed by atoms with Crippen molar-refractivity contribution in [2.24, 2.45) is 5.92 Å². The number of aromatic nitrogens is 4. The number of allylic oxidation sites excluding steroid dienone is 1. The Balaban J connectivity index is 1.75. The van der Waals surface area contributed by atoms with Crippen molar-refractivity contribution < 1.29 is 13.6 Å². The number of fused-ring (bicyclic) bond motifs is 1. The molecule has 8 nitrogen and oxygen atoms in total. The lowest BCUT2D eigenvalue weighted by Gasteiger charge is -2.22. The fraction of sp³-hybridized carbons (Fsp3) is 0.562. The quantitative estimate of drug-likeness (QED) is 0.750. The van der Waals surface area contributed by atoms with E-state index in [0.29, 0.717) is 23.1 Å². The van der Waals surface area contributed by atoms with Crippen molar-refractivity contribution in [2.75, 3.05) is 11.9 Å². The molecule has 25 heavy (non-hydrogen) atoms. The first-order valence-corrected chi connectivity index (χ1v) is 10.1. The van der Waals surface area contributed by atoms with Gasteiger partial charge in [-0.1, -0.05) is 0 Å². The van der Waals surface area contributed by atoms with Crippen molar-refractivity contribution in [3.63, 3.8) is 0 Å². The van der Waals surface area contributed by atoms with Gasteiger partial charge in [0.1, 0.15) is 12.7 Å². The molecule has 3 rings (SSSR count). The number of hydrogen-bond donors (Lipinski definition) is 1. The molecule has 0 spiro atoms. The number of imidazole rings is 1. The van der Waals surface area contributed by atoms with Gasteiger partial charge < -0.3 is 14.8 Å². The average molecular weight is 365 g/mol. The predicted octanol–water partition coefficient (Wildman–Crippen LogP) is 3.31. The summed E-state index contributed by atoms with van der Waals surface area (Å²) in [6.07, 6.45) is 5.99. The number of nitrogens with two attached hydrogens (primary N) is 1. The first-order valence-electron chi connectivity index (χ1n) is 8.37. The Bertz CT molecular complexity index is 831. The highest BCUT2D eigenvalue weighted by atomic mass is 31.2. The van der Waals surface area contributed by atoms with E-state index in [1.165, 1.54) is 6.33 Å². The summed E-state index contributed by atoms with van der Waals surface area (Å²) < 4.78 is 26.0. The standard InChI is InChI=1S/C16H24N5O3P/c1-10(2)23-25(22,24-11(3)4)7-13-5-12(13)6-21-9-20-14-15(17)18-8-19-16(14)21/h6,8-11,13H,5,7H2,1-4H3,(H2,17,18,19)/b12-6+. The topological polar surface area (TPSA) is 105 Å². The summed E-state index contributed by atoms with van der Waals surface area (Å²) in [4.78, 5) is 12.4.